The largest absolute Gasteiger partial charge is 0.330 e. The van der Waals surface area contributed by atoms with Gasteiger partial charge in [-0.3, -0.25) is 10.2 Å². The first kappa shape index (κ1) is 14.3. The van der Waals surface area contributed by atoms with Crippen LogP contribution in [-0.2, 0) is 4.79 Å². The molecule has 1 fully saturated rings. The molecule has 0 aromatic heterocycles. The Morgan fingerprint density at radius 1 is 1.53 bits per heavy atom. The maximum Gasteiger partial charge on any atom is 0.235 e. The van der Waals surface area contributed by atoms with E-state index in [4.69, 9.17) is 11.6 Å². The first-order chi connectivity index (χ1) is 7.11. The van der Waals surface area contributed by atoms with Crippen LogP contribution in [0, 0.1) is 0 Å². The summed E-state index contributed by atoms with van der Waals surface area (Å²) in [5, 5.41) is 0. The van der Waals surface area contributed by atoms with Gasteiger partial charge in [0.1, 0.15) is 0 Å². The first-order valence-electron chi connectivity index (χ1n) is 5.51. The van der Waals surface area contributed by atoms with Crippen LogP contribution in [0.2, 0.25) is 0 Å². The lowest BCUT2D eigenvalue weighted by Crippen LogP contribution is -2.33. The van der Waals surface area contributed by atoms with Crippen LogP contribution in [0.1, 0.15) is 32.6 Å². The van der Waals surface area contributed by atoms with Crippen molar-refractivity contribution in [1.29, 1.82) is 0 Å². The molecule has 0 aliphatic carbocycles. The highest BCUT2D eigenvalue weighted by molar-refractivity contribution is 5.75. The quantitative estimate of drug-likeness (QED) is 0.339. The van der Waals surface area contributed by atoms with Gasteiger partial charge in [0.2, 0.25) is 5.91 Å². The molecule has 5 N–H and O–H groups in total. The molecule has 5 nitrogen and oxygen atoms in total. The summed E-state index contributed by atoms with van der Waals surface area (Å²) >= 11 is 0. The molecular weight excluding hydrogens is 192 g/mol. The van der Waals surface area contributed by atoms with Crippen LogP contribution in [0.5, 0.6) is 0 Å². The van der Waals surface area contributed by atoms with Crippen LogP contribution >= 0.6 is 0 Å². The molecule has 90 valence electrons. The summed E-state index contributed by atoms with van der Waals surface area (Å²) in [7, 11) is 2.21. The highest BCUT2D eigenvalue weighted by Crippen LogP contribution is 2.13. The van der Waals surface area contributed by atoms with E-state index in [0.717, 1.165) is 6.04 Å². The topological polar surface area (TPSA) is 84.4 Å². The molecule has 0 bridgehead atoms. The van der Waals surface area contributed by atoms with Crippen LogP contribution in [0.25, 0.3) is 0 Å². The number of piperidine rings is 1. The number of hydrogen-bond donors (Lipinski definition) is 3. The Morgan fingerprint density at radius 2 is 2.20 bits per heavy atom. The molecule has 1 heterocycles. The van der Waals surface area contributed by atoms with Gasteiger partial charge in [-0.15, -0.1) is 0 Å². The Labute approximate surface area is 92.1 Å². The van der Waals surface area contributed by atoms with Crippen molar-refractivity contribution in [2.75, 3.05) is 20.1 Å². The highest BCUT2D eigenvalue weighted by atomic mass is 16.2. The Bertz CT molecular complexity index is 165. The summed E-state index contributed by atoms with van der Waals surface area (Å²) in [5.41, 5.74) is 6.94. The van der Waals surface area contributed by atoms with Gasteiger partial charge in [-0.05, 0) is 33.4 Å². The SMILES string of the molecule is CC1CCCCN1C.NCCC(=O)NN. The summed E-state index contributed by atoms with van der Waals surface area (Å²) in [6, 6.07) is 0.837. The van der Waals surface area contributed by atoms with Gasteiger partial charge in [-0.25, -0.2) is 5.84 Å². The van der Waals surface area contributed by atoms with E-state index >= 15 is 0 Å². The van der Waals surface area contributed by atoms with Gasteiger partial charge in [0.05, 0.1) is 0 Å². The number of nitrogens with one attached hydrogen (secondary N) is 1. The van der Waals surface area contributed by atoms with Crippen molar-refractivity contribution in [3.8, 4) is 0 Å². The fraction of sp³-hybridized carbons (Fsp3) is 0.900. The van der Waals surface area contributed by atoms with Gasteiger partial charge in [0.25, 0.3) is 0 Å². The van der Waals surface area contributed by atoms with E-state index in [9.17, 15) is 4.79 Å². The summed E-state index contributed by atoms with van der Waals surface area (Å²) in [6.07, 6.45) is 4.54. The van der Waals surface area contributed by atoms with Crippen LogP contribution in [0.15, 0.2) is 0 Å². The molecule has 15 heavy (non-hydrogen) atoms. The number of rotatable bonds is 2. The van der Waals surface area contributed by atoms with Crippen molar-refractivity contribution in [2.24, 2.45) is 11.6 Å². The summed E-state index contributed by atoms with van der Waals surface area (Å²) in [5.74, 6) is 4.48. The second kappa shape index (κ2) is 8.64. The van der Waals surface area contributed by atoms with Crippen LogP contribution in [0.4, 0.5) is 0 Å². The number of likely N-dealkylation sites (tertiary alicyclic amines) is 1. The minimum atomic E-state index is -0.220. The van der Waals surface area contributed by atoms with E-state index in [2.05, 4.69) is 18.9 Å². The van der Waals surface area contributed by atoms with E-state index in [1.807, 2.05) is 5.43 Å². The van der Waals surface area contributed by atoms with E-state index in [0.29, 0.717) is 13.0 Å². The molecule has 1 aliphatic rings. The van der Waals surface area contributed by atoms with Crippen LogP contribution in [-0.4, -0.2) is 37.0 Å². The fourth-order valence-corrected chi connectivity index (χ4v) is 1.44. The number of amides is 1. The Hall–Kier alpha value is -0.650. The third kappa shape index (κ3) is 7.30. The summed E-state index contributed by atoms with van der Waals surface area (Å²) in [4.78, 5) is 12.5. The Kier molecular flexibility index (Phi) is 8.27. The second-order valence-electron chi connectivity index (χ2n) is 3.93. The lowest BCUT2D eigenvalue weighted by molar-refractivity contribution is -0.120. The molecule has 5 heteroatoms. The number of nitrogens with two attached hydrogens (primary N) is 2. The van der Waals surface area contributed by atoms with Crippen molar-refractivity contribution < 1.29 is 4.79 Å². The monoisotopic (exact) mass is 216 g/mol. The minimum Gasteiger partial charge on any atom is -0.330 e. The third-order valence-corrected chi connectivity index (χ3v) is 2.67. The zero-order valence-electron chi connectivity index (χ0n) is 9.83. The van der Waals surface area contributed by atoms with Crippen LogP contribution < -0.4 is 17.0 Å². The Balaban J connectivity index is 0.000000265. The smallest absolute Gasteiger partial charge is 0.235 e. The fourth-order valence-electron chi connectivity index (χ4n) is 1.44. The maximum atomic E-state index is 10.1. The van der Waals surface area contributed by atoms with Gasteiger partial charge >= 0.3 is 0 Å². The second-order valence-corrected chi connectivity index (χ2v) is 3.93. The molecule has 1 amide bonds. The normalized spacial score (nSPS) is 21.5. The van der Waals surface area contributed by atoms with Gasteiger partial charge in [-0.1, -0.05) is 6.42 Å². The molecule has 0 saturated carbocycles. The lowest BCUT2D eigenvalue weighted by Gasteiger charge is -2.29. The molecular formula is C10H24N4O. The number of hydrazine groups is 1. The van der Waals surface area contributed by atoms with Crippen molar-refractivity contribution in [1.82, 2.24) is 10.3 Å². The predicted molar refractivity (Wildman–Crippen MR) is 61.9 cm³/mol. The molecule has 1 rings (SSSR count). The van der Waals surface area contributed by atoms with E-state index in [1.165, 1.54) is 25.8 Å². The highest BCUT2D eigenvalue weighted by Gasteiger charge is 2.12. The average molecular weight is 216 g/mol. The van der Waals surface area contributed by atoms with E-state index < -0.39 is 0 Å². The predicted octanol–water partition coefficient (Wildman–Crippen LogP) is -0.184. The standard InChI is InChI=1S/C7H15N.C3H9N3O/c1-7-5-3-4-6-8(7)2;4-2-1-3(7)6-5/h7H,3-6H2,1-2H3;1-2,4-5H2,(H,6,7). The minimum absolute atomic E-state index is 0.220. The van der Waals surface area contributed by atoms with Gasteiger partial charge in [0.15, 0.2) is 0 Å². The van der Waals surface area contributed by atoms with Gasteiger partial charge < -0.3 is 10.6 Å². The molecule has 1 unspecified atom stereocenters. The van der Waals surface area contributed by atoms with Crippen molar-refractivity contribution in [2.45, 2.75) is 38.6 Å². The number of nitrogens with zero attached hydrogens (tertiary/aromatic N) is 1. The Morgan fingerprint density at radius 3 is 2.47 bits per heavy atom. The van der Waals surface area contributed by atoms with Crippen molar-refractivity contribution in [3.05, 3.63) is 0 Å². The number of carbonyl (C=O) groups excluding carboxylic acids is 1. The average Bonchev–Trinajstić information content (AvgIpc) is 2.24. The van der Waals surface area contributed by atoms with Crippen molar-refractivity contribution >= 4 is 5.91 Å². The molecule has 1 atom stereocenters. The molecule has 0 aromatic carbocycles. The molecule has 0 spiro atoms. The zero-order valence-corrected chi connectivity index (χ0v) is 9.83. The maximum absolute atomic E-state index is 10.1. The zero-order chi connectivity index (χ0) is 11.7. The lowest BCUT2D eigenvalue weighted by atomic mass is 10.1. The van der Waals surface area contributed by atoms with Crippen LogP contribution in [0.3, 0.4) is 0 Å². The third-order valence-electron chi connectivity index (χ3n) is 2.67. The van der Waals surface area contributed by atoms with E-state index in [1.54, 1.807) is 0 Å². The summed E-state index contributed by atoms with van der Waals surface area (Å²) < 4.78 is 0. The van der Waals surface area contributed by atoms with E-state index in [-0.39, 0.29) is 5.91 Å². The van der Waals surface area contributed by atoms with Gasteiger partial charge in [-0.2, -0.15) is 0 Å². The summed E-state index contributed by atoms with van der Waals surface area (Å²) in [6.45, 7) is 3.96. The molecule has 1 aliphatic heterocycles. The molecule has 0 radical (unpaired) electrons. The molecule has 0 aromatic rings. The van der Waals surface area contributed by atoms with Crippen molar-refractivity contribution in [3.63, 3.8) is 0 Å². The number of carbonyl (C=O) groups is 1. The molecule has 1 saturated heterocycles. The number of hydrogen-bond acceptors (Lipinski definition) is 4. The van der Waals surface area contributed by atoms with Gasteiger partial charge in [0, 0.05) is 19.0 Å². The first-order valence-corrected chi connectivity index (χ1v) is 5.51.